The highest BCUT2D eigenvalue weighted by Crippen LogP contribution is 2.32. The van der Waals surface area contributed by atoms with Gasteiger partial charge in [-0.05, 0) is 22.1 Å². The van der Waals surface area contributed by atoms with Crippen LogP contribution < -0.4 is 10.9 Å². The molecule has 2 bridgehead atoms. The Labute approximate surface area is 93.9 Å². The molecule has 0 amide bonds. The molecule has 5 rings (SSSR count). The number of hydrogen-bond acceptors (Lipinski definition) is 2. The lowest BCUT2D eigenvalue weighted by atomic mass is 9.49. The summed E-state index contributed by atoms with van der Waals surface area (Å²) < 4.78 is 0. The lowest BCUT2D eigenvalue weighted by molar-refractivity contribution is -0.247. The van der Waals surface area contributed by atoms with E-state index in [-0.39, 0.29) is 13.0 Å². The van der Waals surface area contributed by atoms with Gasteiger partial charge in [0.25, 0.3) is 0 Å². The Hall–Kier alpha value is -1.58. The molecule has 0 saturated carbocycles. The predicted molar refractivity (Wildman–Crippen MR) is 61.9 cm³/mol. The van der Waals surface area contributed by atoms with Gasteiger partial charge in [-0.3, -0.25) is 4.81 Å². The van der Waals surface area contributed by atoms with Crippen LogP contribution in [0.5, 0.6) is 0 Å². The highest BCUT2D eigenvalue weighted by Gasteiger charge is 2.42. The monoisotopic (exact) mass is 208 g/mol. The van der Waals surface area contributed by atoms with Crippen molar-refractivity contribution in [2.75, 3.05) is 0 Å². The predicted octanol–water partition coefficient (Wildman–Crippen LogP) is 1.16. The third-order valence-corrected chi connectivity index (χ3v) is 3.37. The molecule has 3 aliphatic rings. The van der Waals surface area contributed by atoms with Crippen molar-refractivity contribution >= 4 is 17.8 Å². The zero-order valence-electron chi connectivity index (χ0n) is 8.59. The Balaban J connectivity index is 2.04. The first kappa shape index (κ1) is 8.56. The van der Waals surface area contributed by atoms with Crippen molar-refractivity contribution in [3.05, 3.63) is 59.7 Å². The molecule has 2 nitrogen and oxygen atoms in total. The van der Waals surface area contributed by atoms with Gasteiger partial charge in [0.15, 0.2) is 0 Å². The van der Waals surface area contributed by atoms with Crippen molar-refractivity contribution in [1.29, 1.82) is 0 Å². The zero-order chi connectivity index (χ0) is 10.5. The summed E-state index contributed by atoms with van der Waals surface area (Å²) in [6, 6.07) is 16.7. The molecule has 0 spiro atoms. The highest BCUT2D eigenvalue weighted by atomic mass is 17.2. The van der Waals surface area contributed by atoms with Crippen molar-refractivity contribution in [3.63, 3.8) is 0 Å². The molecule has 3 aliphatic heterocycles. The summed E-state index contributed by atoms with van der Waals surface area (Å²) in [6.07, 6.45) is -0.0580. The highest BCUT2D eigenvalue weighted by molar-refractivity contribution is 6.81. The Morgan fingerprint density at radius 1 is 0.812 bits per heavy atom. The van der Waals surface area contributed by atoms with E-state index in [1.165, 1.54) is 22.1 Å². The van der Waals surface area contributed by atoms with Crippen LogP contribution in [0.3, 0.4) is 0 Å². The van der Waals surface area contributed by atoms with Crippen LogP contribution in [0.25, 0.3) is 0 Å². The van der Waals surface area contributed by atoms with Gasteiger partial charge < -0.3 is 0 Å². The Kier molecular flexibility index (Phi) is 1.59. The van der Waals surface area contributed by atoms with E-state index in [4.69, 9.17) is 9.69 Å². The van der Waals surface area contributed by atoms with Crippen molar-refractivity contribution in [1.82, 2.24) is 0 Å². The van der Waals surface area contributed by atoms with Crippen molar-refractivity contribution in [2.24, 2.45) is 0 Å². The van der Waals surface area contributed by atoms with E-state index in [0.29, 0.717) is 0 Å². The largest absolute Gasteiger partial charge is 0.406 e. The van der Waals surface area contributed by atoms with E-state index in [0.717, 1.165) is 0 Å². The quantitative estimate of drug-likeness (QED) is 0.477. The molecule has 3 heterocycles. The number of hydrogen-bond donors (Lipinski definition) is 0. The van der Waals surface area contributed by atoms with Gasteiger partial charge in [-0.1, -0.05) is 48.5 Å². The smallest absolute Gasteiger partial charge is 0.291 e. The molecule has 76 valence electrons. The molecule has 0 atom stereocenters. The Morgan fingerprint density at radius 3 is 2.00 bits per heavy atom. The van der Waals surface area contributed by atoms with Crippen molar-refractivity contribution in [3.8, 4) is 0 Å². The number of rotatable bonds is 0. The van der Waals surface area contributed by atoms with Crippen LogP contribution in [0.15, 0.2) is 48.5 Å². The number of benzene rings is 2. The van der Waals surface area contributed by atoms with Gasteiger partial charge in [0, 0.05) is 0 Å². The van der Waals surface area contributed by atoms with Gasteiger partial charge in [-0.2, -0.15) is 0 Å². The second-order valence-corrected chi connectivity index (χ2v) is 4.21. The minimum atomic E-state index is -0.0580. The van der Waals surface area contributed by atoms with Crippen LogP contribution >= 0.6 is 0 Å². The van der Waals surface area contributed by atoms with Crippen LogP contribution in [0.2, 0.25) is 0 Å². The maximum atomic E-state index is 5.43. The Bertz CT molecular complexity index is 470. The van der Waals surface area contributed by atoms with Crippen LogP contribution in [0, 0.1) is 0 Å². The SMILES string of the molecule is c1ccc2c(c1)B1OOC2c2ccccc21. The third-order valence-electron chi connectivity index (χ3n) is 3.37. The third kappa shape index (κ3) is 0.945. The molecule has 0 unspecified atom stereocenters. The summed E-state index contributed by atoms with van der Waals surface area (Å²) in [5.41, 5.74) is 4.94. The number of fused-ring (bicyclic) bond motifs is 1. The molecular formula is C13H9BO2. The average molecular weight is 208 g/mol. The maximum absolute atomic E-state index is 5.43. The molecule has 0 N–H and O–H groups in total. The molecule has 2 aromatic rings. The van der Waals surface area contributed by atoms with Gasteiger partial charge in [-0.25, -0.2) is 4.89 Å². The first-order valence-corrected chi connectivity index (χ1v) is 5.45. The fourth-order valence-corrected chi connectivity index (χ4v) is 2.63. The average Bonchev–Trinajstić information content (AvgIpc) is 2.40. The first-order valence-electron chi connectivity index (χ1n) is 5.45. The molecular weight excluding hydrogens is 199 g/mol. The zero-order valence-corrected chi connectivity index (χ0v) is 8.59. The summed E-state index contributed by atoms with van der Waals surface area (Å²) in [7, 11) is 0. The van der Waals surface area contributed by atoms with Gasteiger partial charge >= 0.3 is 6.92 Å². The lowest BCUT2D eigenvalue weighted by Crippen LogP contribution is -2.56. The van der Waals surface area contributed by atoms with E-state index in [1.807, 2.05) is 24.3 Å². The first-order chi connectivity index (χ1) is 7.95. The lowest BCUT2D eigenvalue weighted by Gasteiger charge is -2.36. The second-order valence-electron chi connectivity index (χ2n) is 4.21. The van der Waals surface area contributed by atoms with E-state index in [2.05, 4.69) is 24.3 Å². The molecule has 0 aliphatic carbocycles. The van der Waals surface area contributed by atoms with Crippen LogP contribution in [-0.2, 0) is 9.69 Å². The molecule has 16 heavy (non-hydrogen) atoms. The van der Waals surface area contributed by atoms with Gasteiger partial charge in [0.1, 0.15) is 6.10 Å². The fourth-order valence-electron chi connectivity index (χ4n) is 2.63. The minimum Gasteiger partial charge on any atom is -0.291 e. The van der Waals surface area contributed by atoms with E-state index >= 15 is 0 Å². The van der Waals surface area contributed by atoms with Crippen LogP contribution in [-0.4, -0.2) is 6.92 Å². The summed E-state index contributed by atoms with van der Waals surface area (Å²) in [4.78, 5) is 10.9. The van der Waals surface area contributed by atoms with Crippen molar-refractivity contribution < 1.29 is 9.69 Å². The van der Waals surface area contributed by atoms with Crippen LogP contribution in [0.1, 0.15) is 17.2 Å². The standard InChI is InChI=1S/C13H9BO2/c1-3-7-11-9(5-1)13-10-6-2-4-8-12(10)14(11)16-15-13/h1-8,13H. The molecule has 0 fully saturated rings. The summed E-state index contributed by atoms with van der Waals surface area (Å²) >= 11 is 0. The topological polar surface area (TPSA) is 18.5 Å². The second kappa shape index (κ2) is 2.97. The minimum absolute atomic E-state index is 0.0580. The molecule has 2 aromatic carbocycles. The van der Waals surface area contributed by atoms with Crippen LogP contribution in [0.4, 0.5) is 0 Å². The summed E-state index contributed by atoms with van der Waals surface area (Å²) in [5.74, 6) is 0. The van der Waals surface area contributed by atoms with Crippen molar-refractivity contribution in [2.45, 2.75) is 6.10 Å². The molecule has 0 saturated heterocycles. The van der Waals surface area contributed by atoms with E-state index in [9.17, 15) is 0 Å². The van der Waals surface area contributed by atoms with E-state index in [1.54, 1.807) is 0 Å². The van der Waals surface area contributed by atoms with E-state index < -0.39 is 0 Å². The molecule has 0 radical (unpaired) electrons. The fraction of sp³-hybridized carbons (Fsp3) is 0.0769. The molecule has 3 heteroatoms. The summed E-state index contributed by atoms with van der Waals surface area (Å²) in [6.45, 7) is -0.0580. The van der Waals surface area contributed by atoms with Gasteiger partial charge in [0.2, 0.25) is 0 Å². The Morgan fingerprint density at radius 2 is 1.38 bits per heavy atom. The van der Waals surface area contributed by atoms with Gasteiger partial charge in [-0.15, -0.1) is 0 Å². The van der Waals surface area contributed by atoms with Gasteiger partial charge in [0.05, 0.1) is 0 Å². The summed E-state index contributed by atoms with van der Waals surface area (Å²) in [5, 5.41) is 0. The maximum Gasteiger partial charge on any atom is 0.406 e. The normalized spacial score (nSPS) is 17.1. The molecule has 0 aromatic heterocycles.